The van der Waals surface area contributed by atoms with Crippen LogP contribution in [-0.2, 0) is 14.8 Å². The van der Waals surface area contributed by atoms with Crippen molar-refractivity contribution in [1.82, 2.24) is 4.72 Å². The molecule has 0 aliphatic rings. The van der Waals surface area contributed by atoms with Crippen LogP contribution in [0.25, 0.3) is 0 Å². The van der Waals surface area contributed by atoms with Gasteiger partial charge in [0.1, 0.15) is 5.82 Å². The van der Waals surface area contributed by atoms with Gasteiger partial charge in [0.25, 0.3) is 5.92 Å². The van der Waals surface area contributed by atoms with Gasteiger partial charge in [-0.2, -0.15) is 0 Å². The van der Waals surface area contributed by atoms with Crippen LogP contribution in [0.2, 0.25) is 0 Å². The second kappa shape index (κ2) is 6.41. The molecule has 0 spiro atoms. The number of carbonyl (C=O) groups is 1. The molecule has 6 nitrogen and oxygen atoms in total. The van der Waals surface area contributed by atoms with Crippen LogP contribution in [0.3, 0.4) is 0 Å². The molecule has 118 valence electrons. The van der Waals surface area contributed by atoms with E-state index in [2.05, 4.69) is 4.74 Å². The first kappa shape index (κ1) is 17.4. The third-order valence-corrected chi connectivity index (χ3v) is 3.90. The van der Waals surface area contributed by atoms with Gasteiger partial charge in [-0.25, -0.2) is 31.1 Å². The van der Waals surface area contributed by atoms with Crippen LogP contribution in [0, 0.1) is 5.82 Å². The number of esters is 1. The highest BCUT2D eigenvalue weighted by Crippen LogP contribution is 2.19. The predicted molar refractivity (Wildman–Crippen MR) is 66.9 cm³/mol. The summed E-state index contributed by atoms with van der Waals surface area (Å²) in [7, 11) is -3.54. The van der Waals surface area contributed by atoms with Crippen LogP contribution >= 0.6 is 0 Å². The number of sulfonamides is 1. The molecule has 0 unspecified atom stereocenters. The summed E-state index contributed by atoms with van der Waals surface area (Å²) in [4.78, 5) is 10.7. The summed E-state index contributed by atoms with van der Waals surface area (Å²) in [5, 5.41) is 0. The third-order valence-electron chi connectivity index (χ3n) is 2.46. The Labute approximate surface area is 119 Å². The van der Waals surface area contributed by atoms with E-state index < -0.39 is 51.3 Å². The molecule has 0 amide bonds. The Morgan fingerprint density at radius 3 is 2.57 bits per heavy atom. The lowest BCUT2D eigenvalue weighted by Gasteiger charge is -2.15. The first-order valence-electron chi connectivity index (χ1n) is 5.58. The van der Waals surface area contributed by atoms with Crippen molar-refractivity contribution in [2.75, 3.05) is 20.2 Å². The van der Waals surface area contributed by atoms with Crippen molar-refractivity contribution in [3.63, 3.8) is 0 Å². The quantitative estimate of drug-likeness (QED) is 0.741. The summed E-state index contributed by atoms with van der Waals surface area (Å²) < 4.78 is 68.9. The van der Waals surface area contributed by atoms with Gasteiger partial charge in [0, 0.05) is 0 Å². The highest BCUT2D eigenvalue weighted by molar-refractivity contribution is 7.89. The van der Waals surface area contributed by atoms with E-state index in [4.69, 9.17) is 5.73 Å². The summed E-state index contributed by atoms with van der Waals surface area (Å²) >= 11 is 0. The zero-order valence-corrected chi connectivity index (χ0v) is 11.7. The molecule has 0 radical (unpaired) electrons. The molecule has 0 aliphatic carbocycles. The predicted octanol–water partition coefficient (Wildman–Crippen LogP) is 0.485. The fourth-order valence-electron chi connectivity index (χ4n) is 1.35. The Hall–Kier alpha value is -1.65. The van der Waals surface area contributed by atoms with Crippen molar-refractivity contribution >= 4 is 16.0 Å². The van der Waals surface area contributed by atoms with Crippen molar-refractivity contribution in [2.45, 2.75) is 10.8 Å². The molecule has 0 heterocycles. The fraction of sp³-hybridized carbons (Fsp3) is 0.364. The minimum absolute atomic E-state index is 0.470. The van der Waals surface area contributed by atoms with Crippen LogP contribution in [-0.4, -0.2) is 40.5 Å². The molecular weight excluding hydrogens is 313 g/mol. The maximum absolute atomic E-state index is 13.2. The molecular formula is C11H13F3N2O4S. The lowest BCUT2D eigenvalue weighted by Crippen LogP contribution is -2.41. The summed E-state index contributed by atoms with van der Waals surface area (Å²) in [6, 6.07) is 2.27. The number of nitrogens with two attached hydrogens (primary N) is 1. The summed E-state index contributed by atoms with van der Waals surface area (Å²) in [6.45, 7) is -2.34. The number of hydrogen-bond donors (Lipinski definition) is 2. The van der Waals surface area contributed by atoms with Crippen LogP contribution < -0.4 is 10.5 Å². The van der Waals surface area contributed by atoms with Gasteiger partial charge in [0.15, 0.2) is 0 Å². The van der Waals surface area contributed by atoms with E-state index in [1.807, 2.05) is 0 Å². The molecule has 1 aromatic carbocycles. The smallest absolute Gasteiger partial charge is 0.339 e. The number of alkyl halides is 2. The first-order chi connectivity index (χ1) is 9.63. The van der Waals surface area contributed by atoms with Gasteiger partial charge in [0.2, 0.25) is 10.0 Å². The highest BCUT2D eigenvalue weighted by atomic mass is 32.2. The average molecular weight is 326 g/mol. The van der Waals surface area contributed by atoms with E-state index in [0.29, 0.717) is 6.07 Å². The number of nitrogens with one attached hydrogen (secondary N) is 1. The van der Waals surface area contributed by atoms with E-state index in [0.717, 1.165) is 19.2 Å². The Kier molecular flexibility index (Phi) is 5.31. The van der Waals surface area contributed by atoms with E-state index in [9.17, 15) is 26.4 Å². The summed E-state index contributed by atoms with van der Waals surface area (Å²) in [6.07, 6.45) is 0. The average Bonchev–Trinajstić information content (AvgIpc) is 2.44. The molecule has 0 bridgehead atoms. The Balaban J connectivity index is 3.19. The molecule has 10 heteroatoms. The first-order valence-corrected chi connectivity index (χ1v) is 7.07. The van der Waals surface area contributed by atoms with Crippen molar-refractivity contribution in [1.29, 1.82) is 0 Å². The molecule has 3 N–H and O–H groups in total. The minimum Gasteiger partial charge on any atom is -0.465 e. The van der Waals surface area contributed by atoms with Gasteiger partial charge in [-0.05, 0) is 18.2 Å². The van der Waals surface area contributed by atoms with Gasteiger partial charge in [-0.1, -0.05) is 0 Å². The molecule has 0 fully saturated rings. The number of carbonyl (C=O) groups excluding carboxylic acids is 1. The molecule has 0 saturated carbocycles. The number of benzene rings is 1. The van der Waals surface area contributed by atoms with E-state index >= 15 is 0 Å². The summed E-state index contributed by atoms with van der Waals surface area (Å²) in [5.41, 5.74) is 4.31. The van der Waals surface area contributed by atoms with Gasteiger partial charge < -0.3 is 10.5 Å². The molecule has 21 heavy (non-hydrogen) atoms. The number of ether oxygens (including phenoxy) is 1. The number of rotatable bonds is 6. The van der Waals surface area contributed by atoms with Crippen molar-refractivity contribution in [3.8, 4) is 0 Å². The molecule has 0 aromatic heterocycles. The van der Waals surface area contributed by atoms with E-state index in [1.54, 1.807) is 4.72 Å². The fourth-order valence-corrected chi connectivity index (χ4v) is 2.61. The molecule has 1 rings (SSSR count). The zero-order valence-electron chi connectivity index (χ0n) is 10.9. The minimum atomic E-state index is -4.54. The second-order valence-corrected chi connectivity index (χ2v) is 5.75. The second-order valence-electron chi connectivity index (χ2n) is 4.02. The Morgan fingerprint density at radius 1 is 1.43 bits per heavy atom. The Bertz CT molecular complexity index is 634. The lowest BCUT2D eigenvalue weighted by atomic mass is 10.2. The monoisotopic (exact) mass is 326 g/mol. The molecule has 1 aromatic rings. The lowest BCUT2D eigenvalue weighted by molar-refractivity contribution is 0.0170. The maximum atomic E-state index is 13.2. The SMILES string of the molecule is COC(=O)c1ccc(F)cc1S(=O)(=O)NCC(F)(F)CN. The normalized spacial score (nSPS) is 12.2. The summed E-state index contributed by atoms with van der Waals surface area (Å²) in [5.74, 6) is -5.46. The Morgan fingerprint density at radius 2 is 2.05 bits per heavy atom. The van der Waals surface area contributed by atoms with Gasteiger partial charge in [0.05, 0.1) is 30.7 Å². The van der Waals surface area contributed by atoms with Crippen molar-refractivity contribution in [3.05, 3.63) is 29.6 Å². The van der Waals surface area contributed by atoms with Crippen LogP contribution in [0.5, 0.6) is 0 Å². The highest BCUT2D eigenvalue weighted by Gasteiger charge is 2.31. The maximum Gasteiger partial charge on any atom is 0.339 e. The number of methoxy groups -OCH3 is 1. The van der Waals surface area contributed by atoms with Crippen molar-refractivity contribution < 1.29 is 31.1 Å². The topological polar surface area (TPSA) is 98.5 Å². The van der Waals surface area contributed by atoms with Crippen LogP contribution in [0.4, 0.5) is 13.2 Å². The van der Waals surface area contributed by atoms with Gasteiger partial charge >= 0.3 is 5.97 Å². The van der Waals surface area contributed by atoms with Gasteiger partial charge in [-0.3, -0.25) is 0 Å². The van der Waals surface area contributed by atoms with Crippen LogP contribution in [0.15, 0.2) is 23.1 Å². The zero-order chi connectivity index (χ0) is 16.3. The van der Waals surface area contributed by atoms with Crippen molar-refractivity contribution in [2.24, 2.45) is 5.73 Å². The molecule has 0 atom stereocenters. The largest absolute Gasteiger partial charge is 0.465 e. The van der Waals surface area contributed by atoms with E-state index in [-0.39, 0.29) is 0 Å². The molecule has 0 saturated heterocycles. The molecule has 0 aliphatic heterocycles. The standard InChI is InChI=1S/C11H13F3N2O4S/c1-20-10(17)8-3-2-7(12)4-9(8)21(18,19)16-6-11(13,14)5-15/h2-4,16H,5-6,15H2,1H3. The van der Waals surface area contributed by atoms with Crippen LogP contribution in [0.1, 0.15) is 10.4 Å². The third kappa shape index (κ3) is 4.41. The van der Waals surface area contributed by atoms with E-state index in [1.165, 1.54) is 0 Å². The number of halogens is 3. The number of hydrogen-bond acceptors (Lipinski definition) is 5. The van der Waals surface area contributed by atoms with Gasteiger partial charge in [-0.15, -0.1) is 0 Å².